The minimum absolute atomic E-state index is 0.708. The number of nitrogens with one attached hydrogen (secondary N) is 1. The Bertz CT molecular complexity index is 1050. The van der Waals surface area contributed by atoms with Crippen LogP contribution in [0, 0.1) is 6.92 Å². The minimum atomic E-state index is 0.708. The van der Waals surface area contributed by atoms with Gasteiger partial charge in [-0.1, -0.05) is 18.2 Å². The Balaban J connectivity index is 1.79. The molecule has 4 nitrogen and oxygen atoms in total. The van der Waals surface area contributed by atoms with Gasteiger partial charge in [-0.3, -0.25) is 0 Å². The molecule has 2 heterocycles. The van der Waals surface area contributed by atoms with Crippen LogP contribution in [0.25, 0.3) is 32.7 Å². The molecule has 0 saturated carbocycles. The standard InChI is InChI=1S/C20H18N2O2S/c1-12-19(14-6-4-5-7-15(14)21-12)16-11-25-20(22-16)13-8-9-17(23-2)18(10-13)24-3/h4-11,21H,1-3H3. The first-order chi connectivity index (χ1) is 12.2. The molecule has 0 spiro atoms. The molecule has 0 amide bonds. The summed E-state index contributed by atoms with van der Waals surface area (Å²) in [5.74, 6) is 1.43. The Labute approximate surface area is 150 Å². The number of para-hydroxylation sites is 1. The minimum Gasteiger partial charge on any atom is -0.493 e. The van der Waals surface area contributed by atoms with E-state index in [1.54, 1.807) is 25.6 Å². The van der Waals surface area contributed by atoms with Gasteiger partial charge in [0.2, 0.25) is 0 Å². The van der Waals surface area contributed by atoms with Gasteiger partial charge in [-0.2, -0.15) is 0 Å². The molecule has 4 aromatic rings. The average Bonchev–Trinajstić information content (AvgIpc) is 3.24. The summed E-state index contributed by atoms with van der Waals surface area (Å²) in [6.45, 7) is 2.09. The molecule has 0 aliphatic carbocycles. The zero-order valence-corrected chi connectivity index (χ0v) is 15.1. The van der Waals surface area contributed by atoms with Gasteiger partial charge in [-0.25, -0.2) is 4.98 Å². The summed E-state index contributed by atoms with van der Waals surface area (Å²) in [5.41, 5.74) is 5.44. The van der Waals surface area contributed by atoms with Crippen LogP contribution in [0.1, 0.15) is 5.69 Å². The first-order valence-corrected chi connectivity index (χ1v) is 8.85. The Kier molecular flexibility index (Phi) is 3.93. The van der Waals surface area contributed by atoms with Crippen LogP contribution in [0.15, 0.2) is 47.8 Å². The largest absolute Gasteiger partial charge is 0.493 e. The molecule has 0 aliphatic heterocycles. The number of methoxy groups -OCH3 is 2. The number of H-pyrrole nitrogens is 1. The van der Waals surface area contributed by atoms with Gasteiger partial charge in [-0.05, 0) is 31.2 Å². The molecule has 126 valence electrons. The fourth-order valence-corrected chi connectivity index (χ4v) is 3.91. The zero-order chi connectivity index (χ0) is 17.4. The molecule has 0 atom stereocenters. The molecular weight excluding hydrogens is 332 g/mol. The summed E-state index contributed by atoms with van der Waals surface area (Å²) in [5, 5.41) is 4.26. The summed E-state index contributed by atoms with van der Waals surface area (Å²) < 4.78 is 10.7. The lowest BCUT2D eigenvalue weighted by Gasteiger charge is -2.08. The number of hydrogen-bond acceptors (Lipinski definition) is 4. The zero-order valence-electron chi connectivity index (χ0n) is 14.3. The summed E-state index contributed by atoms with van der Waals surface area (Å²) in [7, 11) is 3.28. The second-order valence-corrected chi connectivity index (χ2v) is 6.64. The van der Waals surface area contributed by atoms with Crippen molar-refractivity contribution in [3.05, 3.63) is 53.5 Å². The molecule has 0 fully saturated rings. The number of fused-ring (bicyclic) bond motifs is 1. The monoisotopic (exact) mass is 350 g/mol. The highest BCUT2D eigenvalue weighted by molar-refractivity contribution is 7.13. The maximum atomic E-state index is 5.40. The first kappa shape index (κ1) is 15.7. The number of thiazole rings is 1. The third-order valence-electron chi connectivity index (χ3n) is 4.28. The van der Waals surface area contributed by atoms with Crippen LogP contribution in [0.4, 0.5) is 0 Å². The van der Waals surface area contributed by atoms with Crippen LogP contribution in [0.5, 0.6) is 11.5 Å². The van der Waals surface area contributed by atoms with Crippen molar-refractivity contribution in [3.63, 3.8) is 0 Å². The quantitative estimate of drug-likeness (QED) is 0.544. The molecule has 0 bridgehead atoms. The van der Waals surface area contributed by atoms with Crippen molar-refractivity contribution >= 4 is 22.2 Å². The molecule has 4 rings (SSSR count). The molecular formula is C20H18N2O2S. The summed E-state index contributed by atoms with van der Waals surface area (Å²) in [6, 6.07) is 14.2. The maximum Gasteiger partial charge on any atom is 0.161 e. The van der Waals surface area contributed by atoms with E-state index in [2.05, 4.69) is 35.5 Å². The average molecular weight is 350 g/mol. The number of nitrogens with zero attached hydrogens (tertiary/aromatic N) is 1. The van der Waals surface area contributed by atoms with Crippen LogP contribution in [0.2, 0.25) is 0 Å². The van der Waals surface area contributed by atoms with Crippen molar-refractivity contribution in [3.8, 4) is 33.3 Å². The van der Waals surface area contributed by atoms with Crippen LogP contribution >= 0.6 is 11.3 Å². The number of aromatic amines is 1. The van der Waals surface area contributed by atoms with E-state index in [-0.39, 0.29) is 0 Å². The Morgan fingerprint density at radius 2 is 1.80 bits per heavy atom. The van der Waals surface area contributed by atoms with Gasteiger partial charge in [0.1, 0.15) is 5.01 Å². The van der Waals surface area contributed by atoms with Crippen LogP contribution in [0.3, 0.4) is 0 Å². The van der Waals surface area contributed by atoms with Crippen molar-refractivity contribution < 1.29 is 9.47 Å². The number of aryl methyl sites for hydroxylation is 1. The number of rotatable bonds is 4. The van der Waals surface area contributed by atoms with E-state index in [1.807, 2.05) is 24.3 Å². The van der Waals surface area contributed by atoms with E-state index in [4.69, 9.17) is 14.5 Å². The van der Waals surface area contributed by atoms with Crippen molar-refractivity contribution in [2.45, 2.75) is 6.92 Å². The molecule has 0 unspecified atom stereocenters. The lowest BCUT2D eigenvalue weighted by molar-refractivity contribution is 0.355. The normalized spacial score (nSPS) is 11.0. The van der Waals surface area contributed by atoms with E-state index >= 15 is 0 Å². The van der Waals surface area contributed by atoms with E-state index < -0.39 is 0 Å². The topological polar surface area (TPSA) is 47.1 Å². The van der Waals surface area contributed by atoms with Gasteiger partial charge in [0.05, 0.1) is 19.9 Å². The highest BCUT2D eigenvalue weighted by Gasteiger charge is 2.15. The van der Waals surface area contributed by atoms with Crippen molar-refractivity contribution in [1.29, 1.82) is 0 Å². The third kappa shape index (κ3) is 2.66. The third-order valence-corrected chi connectivity index (χ3v) is 5.18. The van der Waals surface area contributed by atoms with Crippen molar-refractivity contribution in [2.75, 3.05) is 14.2 Å². The Morgan fingerprint density at radius 3 is 2.60 bits per heavy atom. The summed E-state index contributed by atoms with van der Waals surface area (Å²) in [4.78, 5) is 8.30. The molecule has 2 aromatic carbocycles. The van der Waals surface area contributed by atoms with Crippen LogP contribution in [-0.4, -0.2) is 24.2 Å². The van der Waals surface area contributed by atoms with E-state index in [1.165, 1.54) is 10.9 Å². The number of ether oxygens (including phenoxy) is 2. The van der Waals surface area contributed by atoms with Crippen LogP contribution in [-0.2, 0) is 0 Å². The Morgan fingerprint density at radius 1 is 1.00 bits per heavy atom. The van der Waals surface area contributed by atoms with Crippen molar-refractivity contribution in [2.24, 2.45) is 0 Å². The van der Waals surface area contributed by atoms with Gasteiger partial charge in [0.25, 0.3) is 0 Å². The number of aromatic nitrogens is 2. The molecule has 0 aliphatic rings. The molecule has 5 heteroatoms. The summed E-state index contributed by atoms with van der Waals surface area (Å²) in [6.07, 6.45) is 0. The summed E-state index contributed by atoms with van der Waals surface area (Å²) >= 11 is 1.63. The molecule has 25 heavy (non-hydrogen) atoms. The predicted molar refractivity (Wildman–Crippen MR) is 103 cm³/mol. The van der Waals surface area contributed by atoms with Gasteiger partial charge < -0.3 is 14.5 Å². The predicted octanol–water partition coefficient (Wildman–Crippen LogP) is 5.28. The first-order valence-electron chi connectivity index (χ1n) is 7.97. The lowest BCUT2D eigenvalue weighted by Crippen LogP contribution is -1.90. The smallest absolute Gasteiger partial charge is 0.161 e. The molecule has 0 saturated heterocycles. The Hall–Kier alpha value is -2.79. The van der Waals surface area contributed by atoms with Gasteiger partial charge in [0, 0.05) is 33.1 Å². The lowest BCUT2D eigenvalue weighted by atomic mass is 10.1. The maximum absolute atomic E-state index is 5.40. The number of hydrogen-bond donors (Lipinski definition) is 1. The molecule has 1 N–H and O–H groups in total. The van der Waals surface area contributed by atoms with E-state index in [9.17, 15) is 0 Å². The van der Waals surface area contributed by atoms with Gasteiger partial charge >= 0.3 is 0 Å². The van der Waals surface area contributed by atoms with Gasteiger partial charge in [0.15, 0.2) is 11.5 Å². The molecule has 2 aromatic heterocycles. The SMILES string of the molecule is COc1ccc(-c2nc(-c3c(C)[nH]c4ccccc34)cs2)cc1OC. The van der Waals surface area contributed by atoms with E-state index in [0.29, 0.717) is 5.75 Å². The second-order valence-electron chi connectivity index (χ2n) is 5.78. The highest BCUT2D eigenvalue weighted by Crippen LogP contribution is 2.37. The van der Waals surface area contributed by atoms with E-state index in [0.717, 1.165) is 33.2 Å². The van der Waals surface area contributed by atoms with Crippen LogP contribution < -0.4 is 9.47 Å². The fourth-order valence-electron chi connectivity index (χ4n) is 3.10. The second kappa shape index (κ2) is 6.26. The number of benzene rings is 2. The van der Waals surface area contributed by atoms with Gasteiger partial charge in [-0.15, -0.1) is 11.3 Å². The molecule has 0 radical (unpaired) electrons. The van der Waals surface area contributed by atoms with Crippen molar-refractivity contribution in [1.82, 2.24) is 9.97 Å². The highest BCUT2D eigenvalue weighted by atomic mass is 32.1. The fraction of sp³-hybridized carbons (Fsp3) is 0.150.